The van der Waals surface area contributed by atoms with Crippen molar-refractivity contribution in [3.63, 3.8) is 0 Å². The number of alkyl halides is 3. The number of carbonyl (C=O) groups excluding carboxylic acids is 1. The number of halogens is 4. The minimum Gasteiger partial charge on any atom is -0.369 e. The maximum atomic E-state index is 13.9. The average molecular weight is 452 g/mol. The predicted octanol–water partition coefficient (Wildman–Crippen LogP) is 4.98. The van der Waals surface area contributed by atoms with Crippen LogP contribution in [0.5, 0.6) is 0 Å². The number of pyridine rings is 1. The fourth-order valence-electron chi connectivity index (χ4n) is 3.59. The predicted molar refractivity (Wildman–Crippen MR) is 113 cm³/mol. The molecule has 5 nitrogen and oxygen atoms in total. The van der Waals surface area contributed by atoms with Gasteiger partial charge in [-0.1, -0.05) is 30.3 Å². The van der Waals surface area contributed by atoms with Crippen LogP contribution in [0.1, 0.15) is 22.6 Å². The number of nitrogens with two attached hydrogens (primary N) is 1. The van der Waals surface area contributed by atoms with E-state index in [0.717, 1.165) is 6.07 Å². The lowest BCUT2D eigenvalue weighted by molar-refractivity contribution is -0.137. The highest BCUT2D eigenvalue weighted by Gasteiger charge is 2.35. The normalized spacial score (nSPS) is 12.4. The van der Waals surface area contributed by atoms with Crippen molar-refractivity contribution in [2.24, 2.45) is 5.73 Å². The van der Waals surface area contributed by atoms with Gasteiger partial charge in [-0.3, -0.25) is 9.78 Å². The van der Waals surface area contributed by atoms with Gasteiger partial charge in [-0.2, -0.15) is 23.4 Å². The van der Waals surface area contributed by atoms with Crippen LogP contribution in [0.15, 0.2) is 79.3 Å². The Kier molecular flexibility index (Phi) is 5.87. The van der Waals surface area contributed by atoms with Crippen LogP contribution < -0.4 is 5.73 Å². The molecule has 2 N–H and O–H groups in total. The number of hydrogen-bond acceptors (Lipinski definition) is 4. The molecule has 1 unspecified atom stereocenters. The second-order valence-corrected chi connectivity index (χ2v) is 7.26. The molecule has 0 spiro atoms. The molecule has 0 aliphatic heterocycles. The van der Waals surface area contributed by atoms with Gasteiger partial charge in [-0.25, -0.2) is 4.39 Å². The summed E-state index contributed by atoms with van der Waals surface area (Å²) in [5.41, 5.74) is 6.13. The third-order valence-corrected chi connectivity index (χ3v) is 5.10. The SMILES string of the molecule is NC(=O)C(c1ccc(-c2cccc(F)c2)nc1)c1ccc(-c2ccnnc2)c(C(F)(F)F)c1. The monoisotopic (exact) mass is 452 g/mol. The molecule has 0 aliphatic carbocycles. The molecule has 9 heteroatoms. The molecule has 0 saturated heterocycles. The molecule has 0 saturated carbocycles. The van der Waals surface area contributed by atoms with E-state index in [1.807, 2.05) is 0 Å². The first-order chi connectivity index (χ1) is 15.7. The molecule has 4 rings (SSSR count). The Labute approximate surface area is 185 Å². The molecule has 2 aromatic carbocycles. The molecule has 0 radical (unpaired) electrons. The maximum absolute atomic E-state index is 13.9. The van der Waals surface area contributed by atoms with E-state index in [2.05, 4.69) is 15.2 Å². The van der Waals surface area contributed by atoms with Gasteiger partial charge in [0.2, 0.25) is 5.91 Å². The molecule has 0 bridgehead atoms. The van der Waals surface area contributed by atoms with Crippen LogP contribution in [0, 0.1) is 5.82 Å². The zero-order chi connectivity index (χ0) is 23.6. The van der Waals surface area contributed by atoms with Crippen LogP contribution in [0.3, 0.4) is 0 Å². The number of hydrogen-bond donors (Lipinski definition) is 1. The molecule has 1 atom stereocenters. The van der Waals surface area contributed by atoms with Gasteiger partial charge >= 0.3 is 6.18 Å². The van der Waals surface area contributed by atoms with E-state index in [0.29, 0.717) is 16.8 Å². The summed E-state index contributed by atoms with van der Waals surface area (Å²) in [4.78, 5) is 16.5. The van der Waals surface area contributed by atoms with E-state index in [-0.39, 0.29) is 16.7 Å². The van der Waals surface area contributed by atoms with Crippen LogP contribution in [0.4, 0.5) is 17.6 Å². The van der Waals surface area contributed by atoms with E-state index in [1.54, 1.807) is 12.1 Å². The summed E-state index contributed by atoms with van der Waals surface area (Å²) in [5.74, 6) is -2.43. The molecular weight excluding hydrogens is 436 g/mol. The largest absolute Gasteiger partial charge is 0.417 e. The van der Waals surface area contributed by atoms with Crippen LogP contribution in [-0.2, 0) is 11.0 Å². The second-order valence-electron chi connectivity index (χ2n) is 7.26. The summed E-state index contributed by atoms with van der Waals surface area (Å²) < 4.78 is 55.1. The lowest BCUT2D eigenvalue weighted by atomic mass is 9.88. The summed E-state index contributed by atoms with van der Waals surface area (Å²) >= 11 is 0. The van der Waals surface area contributed by atoms with Crippen molar-refractivity contribution in [3.05, 3.63) is 102 Å². The quantitative estimate of drug-likeness (QED) is 0.433. The van der Waals surface area contributed by atoms with Crippen molar-refractivity contribution in [1.29, 1.82) is 0 Å². The highest BCUT2D eigenvalue weighted by molar-refractivity contribution is 5.86. The smallest absolute Gasteiger partial charge is 0.369 e. The van der Waals surface area contributed by atoms with Gasteiger partial charge < -0.3 is 5.73 Å². The molecule has 0 aliphatic rings. The Morgan fingerprint density at radius 1 is 0.879 bits per heavy atom. The third kappa shape index (κ3) is 4.72. The summed E-state index contributed by atoms with van der Waals surface area (Å²) in [7, 11) is 0. The number of carbonyl (C=O) groups is 1. The number of amides is 1. The van der Waals surface area contributed by atoms with Crippen LogP contribution in [-0.4, -0.2) is 21.1 Å². The Morgan fingerprint density at radius 2 is 1.67 bits per heavy atom. The fourth-order valence-corrected chi connectivity index (χ4v) is 3.59. The summed E-state index contributed by atoms with van der Waals surface area (Å²) in [5, 5.41) is 7.22. The fraction of sp³-hybridized carbons (Fsp3) is 0.0833. The van der Waals surface area contributed by atoms with Gasteiger partial charge in [0.05, 0.1) is 29.6 Å². The summed E-state index contributed by atoms with van der Waals surface area (Å²) in [6.45, 7) is 0. The summed E-state index contributed by atoms with van der Waals surface area (Å²) in [6, 6.07) is 13.9. The van der Waals surface area contributed by atoms with Gasteiger partial charge in [0.15, 0.2) is 0 Å². The number of nitrogens with zero attached hydrogens (tertiary/aromatic N) is 3. The first-order valence-corrected chi connectivity index (χ1v) is 9.73. The van der Waals surface area contributed by atoms with E-state index in [9.17, 15) is 22.4 Å². The molecular formula is C24H16F4N4O. The van der Waals surface area contributed by atoms with Crippen molar-refractivity contribution in [3.8, 4) is 22.4 Å². The van der Waals surface area contributed by atoms with Gasteiger partial charge in [0, 0.05) is 17.3 Å². The molecule has 33 heavy (non-hydrogen) atoms. The third-order valence-electron chi connectivity index (χ3n) is 5.10. The minimum absolute atomic E-state index is 0.0703. The van der Waals surface area contributed by atoms with E-state index >= 15 is 0 Å². The molecule has 166 valence electrons. The van der Waals surface area contributed by atoms with Gasteiger partial charge in [0.1, 0.15) is 5.82 Å². The molecule has 2 heterocycles. The maximum Gasteiger partial charge on any atom is 0.417 e. The number of primary amides is 1. The van der Waals surface area contributed by atoms with E-state index in [1.165, 1.54) is 61.1 Å². The topological polar surface area (TPSA) is 81.8 Å². The standard InChI is InChI=1S/C24H16F4N4O/c25-18-3-1-2-14(10-18)21-7-5-17(12-30-21)22(23(29)33)15-4-6-19(16-8-9-31-32-13-16)20(11-15)24(26,27)28/h1-13,22H,(H2,29,33). The number of rotatable bonds is 5. The molecule has 2 aromatic heterocycles. The summed E-state index contributed by atoms with van der Waals surface area (Å²) in [6.07, 6.45) is -0.813. The zero-order valence-corrected chi connectivity index (χ0v) is 16.9. The Bertz CT molecular complexity index is 1290. The zero-order valence-electron chi connectivity index (χ0n) is 16.9. The highest BCUT2D eigenvalue weighted by Crippen LogP contribution is 2.39. The number of benzene rings is 2. The van der Waals surface area contributed by atoms with E-state index in [4.69, 9.17) is 5.73 Å². The Hall–Kier alpha value is -4.14. The lowest BCUT2D eigenvalue weighted by Gasteiger charge is -2.19. The lowest BCUT2D eigenvalue weighted by Crippen LogP contribution is -2.23. The molecule has 1 amide bonds. The first-order valence-electron chi connectivity index (χ1n) is 9.73. The highest BCUT2D eigenvalue weighted by atomic mass is 19.4. The van der Waals surface area contributed by atoms with E-state index < -0.39 is 29.4 Å². The van der Waals surface area contributed by atoms with Crippen molar-refractivity contribution in [2.75, 3.05) is 0 Å². The van der Waals surface area contributed by atoms with Gasteiger partial charge in [-0.05, 0) is 47.0 Å². The Balaban J connectivity index is 1.76. The van der Waals surface area contributed by atoms with Crippen LogP contribution in [0.2, 0.25) is 0 Å². The van der Waals surface area contributed by atoms with Crippen LogP contribution >= 0.6 is 0 Å². The van der Waals surface area contributed by atoms with Crippen molar-refractivity contribution in [1.82, 2.24) is 15.2 Å². The first kappa shape index (κ1) is 22.1. The van der Waals surface area contributed by atoms with Gasteiger partial charge in [-0.15, -0.1) is 0 Å². The minimum atomic E-state index is -4.68. The van der Waals surface area contributed by atoms with Crippen molar-refractivity contribution < 1.29 is 22.4 Å². The van der Waals surface area contributed by atoms with Crippen molar-refractivity contribution in [2.45, 2.75) is 12.1 Å². The average Bonchev–Trinajstić information content (AvgIpc) is 2.79. The molecule has 0 fully saturated rings. The van der Waals surface area contributed by atoms with Crippen LogP contribution in [0.25, 0.3) is 22.4 Å². The Morgan fingerprint density at radius 3 is 2.27 bits per heavy atom. The molecule has 4 aromatic rings. The van der Waals surface area contributed by atoms with Gasteiger partial charge in [0.25, 0.3) is 0 Å². The number of aromatic nitrogens is 3. The second kappa shape index (κ2) is 8.78. The van der Waals surface area contributed by atoms with Crippen molar-refractivity contribution >= 4 is 5.91 Å².